The normalized spacial score (nSPS) is 12.2. The van der Waals surface area contributed by atoms with E-state index < -0.39 is 23.7 Å². The molecule has 124 valence electrons. The third-order valence-corrected chi connectivity index (χ3v) is 5.50. The molecule has 8 heteroatoms. The van der Waals surface area contributed by atoms with E-state index in [1.807, 2.05) is 6.26 Å². The number of thioether (sulfide) groups is 1. The van der Waals surface area contributed by atoms with Gasteiger partial charge in [-0.25, -0.2) is 9.18 Å². The van der Waals surface area contributed by atoms with Gasteiger partial charge in [-0.2, -0.15) is 11.8 Å². The van der Waals surface area contributed by atoms with Crippen LogP contribution in [0.15, 0.2) is 18.2 Å². The van der Waals surface area contributed by atoms with Crippen LogP contribution in [0.25, 0.3) is 10.1 Å². The van der Waals surface area contributed by atoms with Crippen molar-refractivity contribution in [2.24, 2.45) is 0 Å². The summed E-state index contributed by atoms with van der Waals surface area (Å²) in [6, 6.07) is 3.41. The van der Waals surface area contributed by atoms with Crippen molar-refractivity contribution < 1.29 is 18.7 Å². The topological polar surface area (TPSA) is 55.4 Å². The number of rotatable bonds is 6. The van der Waals surface area contributed by atoms with Crippen molar-refractivity contribution in [2.45, 2.75) is 12.5 Å². The zero-order valence-corrected chi connectivity index (χ0v) is 14.9. The summed E-state index contributed by atoms with van der Waals surface area (Å²) in [5, 5.41) is 3.51. The smallest absolute Gasteiger partial charge is 0.328 e. The van der Waals surface area contributed by atoms with Crippen molar-refractivity contribution in [3.05, 3.63) is 33.9 Å². The minimum Gasteiger partial charge on any atom is -0.467 e. The first-order valence-corrected chi connectivity index (χ1v) is 9.32. The van der Waals surface area contributed by atoms with Crippen LogP contribution < -0.4 is 5.32 Å². The summed E-state index contributed by atoms with van der Waals surface area (Å²) in [6.07, 6.45) is 2.37. The van der Waals surface area contributed by atoms with Crippen molar-refractivity contribution >= 4 is 56.7 Å². The monoisotopic (exact) mass is 375 g/mol. The van der Waals surface area contributed by atoms with Crippen LogP contribution in [-0.4, -0.2) is 37.0 Å². The molecule has 1 aromatic carbocycles. The molecular formula is C15H15ClFNO3S2. The Balaban J connectivity index is 2.25. The number of methoxy groups -OCH3 is 1. The van der Waals surface area contributed by atoms with Gasteiger partial charge in [0.05, 0.1) is 12.1 Å². The van der Waals surface area contributed by atoms with Crippen LogP contribution in [0.5, 0.6) is 0 Å². The number of esters is 1. The molecule has 0 aliphatic heterocycles. The molecule has 2 aromatic rings. The Bertz CT molecular complexity index is 735. The van der Waals surface area contributed by atoms with Gasteiger partial charge in [-0.1, -0.05) is 11.6 Å². The summed E-state index contributed by atoms with van der Waals surface area (Å²) in [5.41, 5.74) is 0. The number of benzene rings is 1. The lowest BCUT2D eigenvalue weighted by Crippen LogP contribution is -2.41. The molecule has 23 heavy (non-hydrogen) atoms. The average Bonchev–Trinajstić information content (AvgIpc) is 2.86. The Morgan fingerprint density at radius 2 is 2.22 bits per heavy atom. The van der Waals surface area contributed by atoms with Crippen molar-refractivity contribution in [1.29, 1.82) is 0 Å². The quantitative estimate of drug-likeness (QED) is 0.782. The highest BCUT2D eigenvalue weighted by atomic mass is 35.5. The lowest BCUT2D eigenvalue weighted by Gasteiger charge is -2.15. The van der Waals surface area contributed by atoms with Crippen LogP contribution in [0.3, 0.4) is 0 Å². The number of thiophene rings is 1. The van der Waals surface area contributed by atoms with E-state index in [1.54, 1.807) is 11.8 Å². The molecule has 2 rings (SSSR count). The zero-order valence-electron chi connectivity index (χ0n) is 12.5. The first-order valence-electron chi connectivity index (χ1n) is 6.73. The van der Waals surface area contributed by atoms with E-state index in [0.717, 1.165) is 11.3 Å². The molecule has 0 aliphatic rings. The van der Waals surface area contributed by atoms with E-state index in [4.69, 9.17) is 16.3 Å². The molecule has 1 heterocycles. The number of carbonyl (C=O) groups excluding carboxylic acids is 2. The van der Waals surface area contributed by atoms with Gasteiger partial charge in [-0.3, -0.25) is 4.79 Å². The van der Waals surface area contributed by atoms with E-state index in [9.17, 15) is 14.0 Å². The Hall–Kier alpha value is -1.31. The molecule has 0 saturated carbocycles. The summed E-state index contributed by atoms with van der Waals surface area (Å²) in [4.78, 5) is 24.4. The Kier molecular flexibility index (Phi) is 6.26. The van der Waals surface area contributed by atoms with Crippen LogP contribution in [0.2, 0.25) is 5.02 Å². The second-order valence-corrected chi connectivity index (χ2v) is 7.13. The maximum Gasteiger partial charge on any atom is 0.328 e. The number of ether oxygens (including phenoxy) is 1. The average molecular weight is 376 g/mol. The Morgan fingerprint density at radius 1 is 1.48 bits per heavy atom. The second-order valence-electron chi connectivity index (χ2n) is 4.72. The molecular weight excluding hydrogens is 361 g/mol. The summed E-state index contributed by atoms with van der Waals surface area (Å²) < 4.78 is 18.6. The van der Waals surface area contributed by atoms with Crippen LogP contribution in [0.4, 0.5) is 4.39 Å². The van der Waals surface area contributed by atoms with Gasteiger partial charge in [0, 0.05) is 10.1 Å². The second kappa shape index (κ2) is 7.99. The largest absolute Gasteiger partial charge is 0.467 e. The van der Waals surface area contributed by atoms with Crippen LogP contribution in [0, 0.1) is 5.82 Å². The summed E-state index contributed by atoms with van der Waals surface area (Å²) in [5.74, 6) is -0.663. The third-order valence-electron chi connectivity index (χ3n) is 3.20. The number of carbonyl (C=O) groups is 2. The molecule has 1 aromatic heterocycles. The standard InChI is InChI=1S/C15H15ClFNO3S2/c1-21-15(20)10(5-6-22-2)18-14(19)13-12(16)9-4-3-8(17)7-11(9)23-13/h3-4,7,10H,5-6H2,1-2H3,(H,18,19)/t10-/m0/s1. The number of hydrogen-bond donors (Lipinski definition) is 1. The lowest BCUT2D eigenvalue weighted by molar-refractivity contribution is -0.142. The van der Waals surface area contributed by atoms with Crippen molar-refractivity contribution in [2.75, 3.05) is 19.1 Å². The summed E-state index contributed by atoms with van der Waals surface area (Å²) in [7, 11) is 1.27. The fourth-order valence-corrected chi connectivity index (χ4v) is 3.95. The van der Waals surface area contributed by atoms with Crippen molar-refractivity contribution in [3.8, 4) is 0 Å². The molecule has 4 nitrogen and oxygen atoms in total. The molecule has 0 aliphatic carbocycles. The zero-order chi connectivity index (χ0) is 17.0. The van der Waals surface area contributed by atoms with Gasteiger partial charge >= 0.3 is 5.97 Å². The van der Waals surface area contributed by atoms with E-state index in [0.29, 0.717) is 22.3 Å². The predicted octanol–water partition coefficient (Wildman–Crippen LogP) is 3.72. The first-order chi connectivity index (χ1) is 11.0. The number of halogens is 2. The van der Waals surface area contributed by atoms with Crippen molar-refractivity contribution in [3.63, 3.8) is 0 Å². The lowest BCUT2D eigenvalue weighted by atomic mass is 10.2. The van der Waals surface area contributed by atoms with Gasteiger partial charge in [0.1, 0.15) is 16.7 Å². The predicted molar refractivity (Wildman–Crippen MR) is 93.1 cm³/mol. The number of nitrogens with one attached hydrogen (secondary N) is 1. The molecule has 0 bridgehead atoms. The molecule has 1 amide bonds. The molecule has 1 N–H and O–H groups in total. The third kappa shape index (κ3) is 4.16. The van der Waals surface area contributed by atoms with Crippen molar-refractivity contribution in [1.82, 2.24) is 5.32 Å². The Morgan fingerprint density at radius 3 is 2.87 bits per heavy atom. The van der Waals surface area contributed by atoms with Gasteiger partial charge in [0.15, 0.2) is 0 Å². The van der Waals surface area contributed by atoms with Gasteiger partial charge in [0.2, 0.25) is 0 Å². The molecule has 1 atom stereocenters. The fraction of sp³-hybridized carbons (Fsp3) is 0.333. The highest BCUT2D eigenvalue weighted by Gasteiger charge is 2.24. The van der Waals surface area contributed by atoms with Crippen LogP contribution >= 0.6 is 34.7 Å². The van der Waals surface area contributed by atoms with Crippen LogP contribution in [-0.2, 0) is 9.53 Å². The Labute approximate surface area is 146 Å². The molecule has 0 saturated heterocycles. The number of hydrogen-bond acceptors (Lipinski definition) is 5. The van der Waals surface area contributed by atoms with Gasteiger partial charge < -0.3 is 10.1 Å². The van der Waals surface area contributed by atoms with E-state index in [2.05, 4.69) is 5.32 Å². The minimum atomic E-state index is -0.738. The maximum atomic E-state index is 13.3. The first kappa shape index (κ1) is 18.0. The highest BCUT2D eigenvalue weighted by Crippen LogP contribution is 2.35. The summed E-state index contributed by atoms with van der Waals surface area (Å²) >= 11 is 8.87. The van der Waals surface area contributed by atoms with Gasteiger partial charge in [-0.15, -0.1) is 11.3 Å². The molecule has 0 fully saturated rings. The van der Waals surface area contributed by atoms with E-state index in [-0.39, 0.29) is 9.90 Å². The molecule has 0 spiro atoms. The van der Waals surface area contributed by atoms with E-state index in [1.165, 1.54) is 25.3 Å². The highest BCUT2D eigenvalue weighted by molar-refractivity contribution is 7.98. The number of amides is 1. The SMILES string of the molecule is COC(=O)[C@H](CCSC)NC(=O)c1sc2cc(F)ccc2c1Cl. The summed E-state index contributed by atoms with van der Waals surface area (Å²) in [6.45, 7) is 0. The molecule has 0 unspecified atom stereocenters. The van der Waals surface area contributed by atoms with Gasteiger partial charge in [-0.05, 0) is 36.6 Å². The number of fused-ring (bicyclic) bond motifs is 1. The maximum absolute atomic E-state index is 13.3. The minimum absolute atomic E-state index is 0.255. The van der Waals surface area contributed by atoms with Crippen LogP contribution in [0.1, 0.15) is 16.1 Å². The fourth-order valence-electron chi connectivity index (χ4n) is 2.04. The molecule has 0 radical (unpaired) electrons. The van der Waals surface area contributed by atoms with Gasteiger partial charge in [0.25, 0.3) is 5.91 Å². The van der Waals surface area contributed by atoms with E-state index >= 15 is 0 Å².